The lowest BCUT2D eigenvalue weighted by atomic mass is 10.1. The Hall–Kier alpha value is -3.16. The maximum absolute atomic E-state index is 12.7. The lowest BCUT2D eigenvalue weighted by molar-refractivity contribution is -0.134. The van der Waals surface area contributed by atoms with E-state index in [2.05, 4.69) is 10.1 Å². The molecule has 8 heteroatoms. The minimum absolute atomic E-state index is 0.0565. The third-order valence-corrected chi connectivity index (χ3v) is 4.14. The van der Waals surface area contributed by atoms with Crippen molar-refractivity contribution in [2.75, 3.05) is 19.0 Å². The maximum Gasteiger partial charge on any atom is 0.387 e. The summed E-state index contributed by atoms with van der Waals surface area (Å²) in [6.07, 6.45) is -0.0565. The second kappa shape index (κ2) is 8.03. The van der Waals surface area contributed by atoms with Crippen LogP contribution in [0.2, 0.25) is 0 Å². The Morgan fingerprint density at radius 1 is 1.19 bits per heavy atom. The molecule has 6 nitrogen and oxygen atoms in total. The van der Waals surface area contributed by atoms with Gasteiger partial charge in [0, 0.05) is 12.2 Å². The minimum atomic E-state index is -3.00. The normalized spacial score (nSPS) is 13.6. The lowest BCUT2D eigenvalue weighted by Crippen LogP contribution is -2.36. The first-order valence-electron chi connectivity index (χ1n) is 8.23. The van der Waals surface area contributed by atoms with E-state index in [9.17, 15) is 18.4 Å². The van der Waals surface area contributed by atoms with Gasteiger partial charge in [-0.15, -0.1) is 0 Å². The molecule has 0 aliphatic carbocycles. The fourth-order valence-electron chi connectivity index (χ4n) is 2.89. The van der Waals surface area contributed by atoms with Crippen molar-refractivity contribution in [1.82, 2.24) is 4.90 Å². The molecule has 2 aromatic rings. The standard InChI is InChI=1S/C19H18F2N2O4/c1-26-15-7-6-12(8-16(15)27-19(20)21)9-18(25)23-10-13-4-2-3-5-14(13)22-17(24)11-23/h2-8,19H,9-11H2,1H3,(H,22,24). The summed E-state index contributed by atoms with van der Waals surface area (Å²) in [7, 11) is 1.34. The van der Waals surface area contributed by atoms with Crippen molar-refractivity contribution in [2.24, 2.45) is 0 Å². The number of halogens is 2. The zero-order chi connectivity index (χ0) is 19.4. The predicted molar refractivity (Wildman–Crippen MR) is 93.8 cm³/mol. The quantitative estimate of drug-likeness (QED) is 0.871. The molecular formula is C19H18F2N2O4. The Labute approximate surface area is 154 Å². The second-order valence-electron chi connectivity index (χ2n) is 6.00. The highest BCUT2D eigenvalue weighted by Gasteiger charge is 2.23. The van der Waals surface area contributed by atoms with E-state index in [-0.39, 0.29) is 42.8 Å². The monoisotopic (exact) mass is 376 g/mol. The van der Waals surface area contributed by atoms with E-state index in [0.717, 1.165) is 5.56 Å². The highest BCUT2D eigenvalue weighted by atomic mass is 19.3. The summed E-state index contributed by atoms with van der Waals surface area (Å²) < 4.78 is 34.5. The average molecular weight is 376 g/mol. The number of benzene rings is 2. The first-order valence-corrected chi connectivity index (χ1v) is 8.23. The predicted octanol–water partition coefficient (Wildman–Crippen LogP) is 2.82. The number of ether oxygens (including phenoxy) is 2. The molecule has 1 N–H and O–H groups in total. The third-order valence-electron chi connectivity index (χ3n) is 4.14. The Balaban J connectivity index is 1.78. The molecule has 2 aromatic carbocycles. The van der Waals surface area contributed by atoms with Crippen LogP contribution in [0.1, 0.15) is 11.1 Å². The molecule has 0 fully saturated rings. The third kappa shape index (κ3) is 4.52. The fourth-order valence-corrected chi connectivity index (χ4v) is 2.89. The maximum atomic E-state index is 12.7. The number of carbonyl (C=O) groups excluding carboxylic acids is 2. The molecule has 1 aliphatic heterocycles. The number of nitrogens with one attached hydrogen (secondary N) is 1. The van der Waals surface area contributed by atoms with Crippen LogP contribution in [0.25, 0.3) is 0 Å². The zero-order valence-electron chi connectivity index (χ0n) is 14.6. The molecule has 0 bridgehead atoms. The van der Waals surface area contributed by atoms with Crippen LogP contribution < -0.4 is 14.8 Å². The van der Waals surface area contributed by atoms with E-state index < -0.39 is 6.61 Å². The molecule has 0 saturated carbocycles. The number of carbonyl (C=O) groups is 2. The Morgan fingerprint density at radius 3 is 2.70 bits per heavy atom. The van der Waals surface area contributed by atoms with Gasteiger partial charge in [0.05, 0.1) is 13.5 Å². The van der Waals surface area contributed by atoms with Gasteiger partial charge in [0.2, 0.25) is 11.8 Å². The highest BCUT2D eigenvalue weighted by Crippen LogP contribution is 2.30. The molecule has 1 heterocycles. The number of hydrogen-bond acceptors (Lipinski definition) is 4. The van der Waals surface area contributed by atoms with Crippen LogP contribution in [0.3, 0.4) is 0 Å². The number of fused-ring (bicyclic) bond motifs is 1. The van der Waals surface area contributed by atoms with Crippen molar-refractivity contribution >= 4 is 17.5 Å². The summed E-state index contributed by atoms with van der Waals surface area (Å²) >= 11 is 0. The fraction of sp³-hybridized carbons (Fsp3) is 0.263. The Morgan fingerprint density at radius 2 is 1.96 bits per heavy atom. The Bertz CT molecular complexity index is 857. The lowest BCUT2D eigenvalue weighted by Gasteiger charge is -2.20. The van der Waals surface area contributed by atoms with Gasteiger partial charge in [0.1, 0.15) is 6.54 Å². The topological polar surface area (TPSA) is 67.9 Å². The molecule has 0 unspecified atom stereocenters. The van der Waals surface area contributed by atoms with Crippen LogP contribution in [-0.4, -0.2) is 37.0 Å². The van der Waals surface area contributed by atoms with Crippen LogP contribution in [-0.2, 0) is 22.6 Å². The largest absolute Gasteiger partial charge is 0.493 e. The number of hydrogen-bond donors (Lipinski definition) is 1. The highest BCUT2D eigenvalue weighted by molar-refractivity contribution is 5.96. The van der Waals surface area contributed by atoms with E-state index in [0.29, 0.717) is 11.3 Å². The average Bonchev–Trinajstić information content (AvgIpc) is 2.79. The number of alkyl halides is 2. The molecule has 3 rings (SSSR count). The van der Waals surface area contributed by atoms with Crippen molar-refractivity contribution in [1.29, 1.82) is 0 Å². The molecule has 0 aromatic heterocycles. The Kier molecular flexibility index (Phi) is 5.54. The second-order valence-corrected chi connectivity index (χ2v) is 6.00. The van der Waals surface area contributed by atoms with Gasteiger partial charge in [-0.3, -0.25) is 9.59 Å². The summed E-state index contributed by atoms with van der Waals surface area (Å²) in [6, 6.07) is 11.6. The van der Waals surface area contributed by atoms with Gasteiger partial charge < -0.3 is 19.7 Å². The number of anilines is 1. The van der Waals surface area contributed by atoms with Crippen LogP contribution in [0.5, 0.6) is 11.5 Å². The summed E-state index contributed by atoms with van der Waals surface area (Å²) in [5.74, 6) is -0.578. The smallest absolute Gasteiger partial charge is 0.387 e. The molecule has 0 atom stereocenters. The van der Waals surface area contributed by atoms with Crippen LogP contribution in [0.15, 0.2) is 42.5 Å². The molecule has 142 valence electrons. The first-order chi connectivity index (χ1) is 13.0. The van der Waals surface area contributed by atoms with Gasteiger partial charge in [-0.05, 0) is 29.3 Å². The van der Waals surface area contributed by atoms with E-state index >= 15 is 0 Å². The van der Waals surface area contributed by atoms with Crippen molar-refractivity contribution in [2.45, 2.75) is 19.6 Å². The molecule has 27 heavy (non-hydrogen) atoms. The molecule has 1 aliphatic rings. The first kappa shape index (κ1) is 18.6. The van der Waals surface area contributed by atoms with E-state index in [1.54, 1.807) is 18.2 Å². The SMILES string of the molecule is COc1ccc(CC(=O)N2CC(=O)Nc3ccccc3C2)cc1OC(F)F. The van der Waals surface area contributed by atoms with Crippen molar-refractivity contribution < 1.29 is 27.8 Å². The van der Waals surface area contributed by atoms with Gasteiger partial charge in [0.25, 0.3) is 0 Å². The van der Waals surface area contributed by atoms with Crippen molar-refractivity contribution in [3.8, 4) is 11.5 Å². The van der Waals surface area contributed by atoms with Gasteiger partial charge >= 0.3 is 6.61 Å². The molecule has 2 amide bonds. The number of rotatable bonds is 5. The summed E-state index contributed by atoms with van der Waals surface area (Å²) in [5, 5.41) is 2.76. The van der Waals surface area contributed by atoms with Gasteiger partial charge in [-0.25, -0.2) is 0 Å². The zero-order valence-corrected chi connectivity index (χ0v) is 14.6. The summed E-state index contributed by atoms with van der Waals surface area (Å²) in [5.41, 5.74) is 1.98. The van der Waals surface area contributed by atoms with Crippen LogP contribution >= 0.6 is 0 Å². The van der Waals surface area contributed by atoms with E-state index in [4.69, 9.17) is 4.74 Å². The van der Waals surface area contributed by atoms with E-state index in [1.165, 1.54) is 24.1 Å². The van der Waals surface area contributed by atoms with Gasteiger partial charge in [-0.1, -0.05) is 24.3 Å². The molecular weight excluding hydrogens is 358 g/mol. The van der Waals surface area contributed by atoms with Gasteiger partial charge in [-0.2, -0.15) is 8.78 Å². The minimum Gasteiger partial charge on any atom is -0.493 e. The number of methoxy groups -OCH3 is 1. The summed E-state index contributed by atoms with van der Waals surface area (Å²) in [6.45, 7) is -2.80. The van der Waals surface area contributed by atoms with Crippen molar-refractivity contribution in [3.05, 3.63) is 53.6 Å². The van der Waals surface area contributed by atoms with Crippen LogP contribution in [0.4, 0.5) is 14.5 Å². The summed E-state index contributed by atoms with van der Waals surface area (Å²) in [4.78, 5) is 26.2. The molecule has 0 spiro atoms. The number of para-hydroxylation sites is 1. The number of nitrogens with zero attached hydrogens (tertiary/aromatic N) is 1. The molecule has 0 radical (unpaired) electrons. The molecule has 0 saturated heterocycles. The number of amides is 2. The van der Waals surface area contributed by atoms with Crippen LogP contribution in [0, 0.1) is 0 Å². The van der Waals surface area contributed by atoms with Gasteiger partial charge in [0.15, 0.2) is 11.5 Å². The van der Waals surface area contributed by atoms with Crippen molar-refractivity contribution in [3.63, 3.8) is 0 Å². The van der Waals surface area contributed by atoms with E-state index in [1.807, 2.05) is 12.1 Å².